The summed E-state index contributed by atoms with van der Waals surface area (Å²) in [7, 11) is 0. The Kier molecular flexibility index (Phi) is 4.31. The lowest BCUT2D eigenvalue weighted by molar-refractivity contribution is 0.463. The monoisotopic (exact) mass is 387 g/mol. The van der Waals surface area contributed by atoms with Crippen LogP contribution in [0.1, 0.15) is 37.7 Å². The molecule has 1 aromatic carbocycles. The lowest BCUT2D eigenvalue weighted by atomic mass is 9.95. The van der Waals surface area contributed by atoms with Crippen molar-refractivity contribution in [2.45, 2.75) is 38.1 Å². The van der Waals surface area contributed by atoms with Crippen molar-refractivity contribution < 1.29 is 0 Å². The molecule has 126 valence electrons. The zero-order valence-electron chi connectivity index (χ0n) is 13.6. The van der Waals surface area contributed by atoms with E-state index in [-0.39, 0.29) is 0 Å². The van der Waals surface area contributed by atoms with E-state index in [1.165, 1.54) is 32.1 Å². The first-order valence-corrected chi connectivity index (χ1v) is 9.44. The number of nitrogens with zero attached hydrogens (tertiary/aromatic N) is 3. The summed E-state index contributed by atoms with van der Waals surface area (Å²) in [4.78, 5) is 11.3. The number of benzene rings is 1. The van der Waals surface area contributed by atoms with Crippen molar-refractivity contribution in [3.8, 4) is 0 Å². The van der Waals surface area contributed by atoms with Gasteiger partial charge in [-0.1, -0.05) is 25.3 Å². The normalized spacial score (nSPS) is 21.0. The van der Waals surface area contributed by atoms with Gasteiger partial charge in [-0.05, 0) is 40.9 Å². The Morgan fingerprint density at radius 3 is 2.83 bits per heavy atom. The Labute approximate surface area is 150 Å². The zero-order valence-corrected chi connectivity index (χ0v) is 15.2. The Balaban J connectivity index is 1.58. The van der Waals surface area contributed by atoms with Gasteiger partial charge in [0.1, 0.15) is 10.3 Å². The fraction of sp³-hybridized carbons (Fsp3) is 0.444. The minimum absolute atomic E-state index is 0.547. The molecule has 0 atom stereocenters. The van der Waals surface area contributed by atoms with Crippen LogP contribution in [0.25, 0.3) is 0 Å². The third-order valence-electron chi connectivity index (χ3n) is 4.86. The van der Waals surface area contributed by atoms with Crippen molar-refractivity contribution in [2.24, 2.45) is 9.98 Å². The van der Waals surface area contributed by atoms with Crippen LogP contribution in [0, 0.1) is 0 Å². The lowest BCUT2D eigenvalue weighted by Gasteiger charge is -2.25. The minimum Gasteiger partial charge on any atom is -0.397 e. The van der Waals surface area contributed by atoms with Gasteiger partial charge in [-0.2, -0.15) is 0 Å². The molecule has 0 amide bonds. The fourth-order valence-electron chi connectivity index (χ4n) is 3.61. The average Bonchev–Trinajstić information content (AvgIpc) is 3.05. The van der Waals surface area contributed by atoms with Crippen molar-refractivity contribution in [1.82, 2.24) is 4.90 Å². The SMILES string of the molecule is Nc1cc(C2=NC(Br)=CN3CCN=C23)ccc1NC1CCCCC1. The number of anilines is 2. The second-order valence-electron chi connectivity index (χ2n) is 6.59. The van der Waals surface area contributed by atoms with Crippen LogP contribution in [-0.2, 0) is 0 Å². The van der Waals surface area contributed by atoms with E-state index >= 15 is 0 Å². The number of hydrogen-bond acceptors (Lipinski definition) is 5. The van der Waals surface area contributed by atoms with Gasteiger partial charge in [0.05, 0.1) is 17.9 Å². The first-order chi connectivity index (χ1) is 11.7. The molecule has 0 bridgehead atoms. The van der Waals surface area contributed by atoms with Crippen molar-refractivity contribution in [3.63, 3.8) is 0 Å². The zero-order chi connectivity index (χ0) is 16.5. The summed E-state index contributed by atoms with van der Waals surface area (Å²) in [5.41, 5.74) is 10.0. The number of amidine groups is 1. The molecule has 1 aliphatic carbocycles. The number of fused-ring (bicyclic) bond motifs is 1. The average molecular weight is 388 g/mol. The van der Waals surface area contributed by atoms with E-state index in [1.807, 2.05) is 12.3 Å². The molecule has 0 spiro atoms. The molecule has 0 unspecified atom stereocenters. The van der Waals surface area contributed by atoms with E-state index in [1.54, 1.807) is 0 Å². The van der Waals surface area contributed by atoms with Crippen LogP contribution in [0.3, 0.4) is 0 Å². The maximum Gasteiger partial charge on any atom is 0.154 e. The predicted octanol–water partition coefficient (Wildman–Crippen LogP) is 3.72. The van der Waals surface area contributed by atoms with E-state index in [2.05, 4.69) is 48.3 Å². The van der Waals surface area contributed by atoms with Crippen molar-refractivity contribution >= 4 is 38.9 Å². The topological polar surface area (TPSA) is 66.0 Å². The number of nitrogens with two attached hydrogens (primary N) is 1. The van der Waals surface area contributed by atoms with E-state index in [9.17, 15) is 0 Å². The molecular formula is C18H22BrN5. The third kappa shape index (κ3) is 3.07. The number of nitrogens with one attached hydrogen (secondary N) is 1. The Morgan fingerprint density at radius 1 is 1.21 bits per heavy atom. The van der Waals surface area contributed by atoms with E-state index in [0.29, 0.717) is 6.04 Å². The highest BCUT2D eigenvalue weighted by atomic mass is 79.9. The Morgan fingerprint density at radius 2 is 2.04 bits per heavy atom. The van der Waals surface area contributed by atoms with Crippen LogP contribution in [0.2, 0.25) is 0 Å². The van der Waals surface area contributed by atoms with Crippen LogP contribution in [0.5, 0.6) is 0 Å². The second kappa shape index (κ2) is 6.59. The summed E-state index contributed by atoms with van der Waals surface area (Å²) in [5, 5.41) is 3.61. The molecule has 4 rings (SSSR count). The summed E-state index contributed by atoms with van der Waals surface area (Å²) in [6.07, 6.45) is 8.42. The molecule has 6 heteroatoms. The molecule has 0 saturated heterocycles. The lowest BCUT2D eigenvalue weighted by Crippen LogP contribution is -2.32. The number of halogens is 1. The van der Waals surface area contributed by atoms with Crippen molar-refractivity contribution in [3.05, 3.63) is 34.6 Å². The summed E-state index contributed by atoms with van der Waals surface area (Å²) < 4.78 is 0.821. The van der Waals surface area contributed by atoms with Gasteiger partial charge in [-0.25, -0.2) is 4.99 Å². The first kappa shape index (κ1) is 15.7. The van der Waals surface area contributed by atoms with Gasteiger partial charge in [-0.15, -0.1) is 0 Å². The summed E-state index contributed by atoms with van der Waals surface area (Å²) in [6, 6.07) is 6.72. The Hall–Kier alpha value is -1.82. The van der Waals surface area contributed by atoms with Crippen molar-refractivity contribution in [2.75, 3.05) is 24.1 Å². The van der Waals surface area contributed by atoms with Crippen LogP contribution in [0.15, 0.2) is 39.0 Å². The minimum atomic E-state index is 0.547. The predicted molar refractivity (Wildman–Crippen MR) is 104 cm³/mol. The number of rotatable bonds is 3. The molecule has 3 N–H and O–H groups in total. The van der Waals surface area contributed by atoms with Gasteiger partial charge >= 0.3 is 0 Å². The van der Waals surface area contributed by atoms with E-state index in [4.69, 9.17) is 5.73 Å². The largest absolute Gasteiger partial charge is 0.397 e. The Bertz CT molecular complexity index is 731. The standard InChI is InChI=1S/C18H22BrN5/c19-16-11-24-9-8-21-18(24)17(23-16)12-6-7-15(14(20)10-12)22-13-4-2-1-3-5-13/h6-7,10-11,13,22H,1-5,8-9,20H2. The number of hydrogen-bond donors (Lipinski definition) is 2. The highest BCUT2D eigenvalue weighted by molar-refractivity contribution is 9.11. The van der Waals surface area contributed by atoms with Gasteiger partial charge in [0.25, 0.3) is 0 Å². The maximum atomic E-state index is 6.32. The van der Waals surface area contributed by atoms with Crippen LogP contribution < -0.4 is 11.1 Å². The van der Waals surface area contributed by atoms with Gasteiger partial charge in [0.15, 0.2) is 5.84 Å². The van der Waals surface area contributed by atoms with Crippen LogP contribution in [-0.4, -0.2) is 35.6 Å². The molecular weight excluding hydrogens is 366 g/mol. The van der Waals surface area contributed by atoms with Gasteiger partial charge in [0, 0.05) is 24.4 Å². The van der Waals surface area contributed by atoms with Gasteiger partial charge < -0.3 is 16.0 Å². The quantitative estimate of drug-likeness (QED) is 0.613. The molecule has 5 nitrogen and oxygen atoms in total. The second-order valence-corrected chi connectivity index (χ2v) is 7.40. The molecule has 1 fully saturated rings. The van der Waals surface area contributed by atoms with Crippen LogP contribution in [0.4, 0.5) is 11.4 Å². The molecule has 0 aromatic heterocycles. The summed E-state index contributed by atoms with van der Waals surface area (Å²) in [6.45, 7) is 1.71. The summed E-state index contributed by atoms with van der Waals surface area (Å²) >= 11 is 3.49. The molecule has 0 radical (unpaired) electrons. The molecule has 1 saturated carbocycles. The molecule has 2 heterocycles. The molecule has 2 aliphatic heterocycles. The fourth-order valence-corrected chi connectivity index (χ4v) is 4.04. The highest BCUT2D eigenvalue weighted by Crippen LogP contribution is 2.28. The highest BCUT2D eigenvalue weighted by Gasteiger charge is 2.26. The number of aliphatic imine (C=N–C) groups is 2. The van der Waals surface area contributed by atoms with Gasteiger partial charge in [0.2, 0.25) is 0 Å². The molecule has 1 aromatic rings. The molecule has 3 aliphatic rings. The van der Waals surface area contributed by atoms with Gasteiger partial charge in [-0.3, -0.25) is 4.99 Å². The van der Waals surface area contributed by atoms with Crippen molar-refractivity contribution in [1.29, 1.82) is 0 Å². The molecule has 24 heavy (non-hydrogen) atoms. The summed E-state index contributed by atoms with van der Waals surface area (Å²) in [5.74, 6) is 0.936. The maximum absolute atomic E-state index is 6.32. The van der Waals surface area contributed by atoms with Crippen LogP contribution >= 0.6 is 15.9 Å². The third-order valence-corrected chi connectivity index (χ3v) is 5.24. The van der Waals surface area contributed by atoms with E-state index in [0.717, 1.165) is 46.2 Å². The first-order valence-electron chi connectivity index (χ1n) is 8.64. The smallest absolute Gasteiger partial charge is 0.154 e. The number of nitrogen functional groups attached to an aromatic ring is 1. The van der Waals surface area contributed by atoms with E-state index < -0.39 is 0 Å².